The third-order valence-corrected chi connectivity index (χ3v) is 1.88. The maximum absolute atomic E-state index is 13.3. The van der Waals surface area contributed by atoms with Gasteiger partial charge in [-0.15, -0.1) is 0 Å². The Morgan fingerprint density at radius 3 is 2.53 bits per heavy atom. The van der Waals surface area contributed by atoms with E-state index in [1.54, 1.807) is 0 Å². The molecule has 0 saturated heterocycles. The Bertz CT molecular complexity index is 524. The number of hydrogen-bond donors (Lipinski definition) is 1. The number of carboxylic acids is 1. The van der Waals surface area contributed by atoms with Crippen LogP contribution in [-0.2, 0) is 4.79 Å². The summed E-state index contributed by atoms with van der Waals surface area (Å²) in [4.78, 5) is 30.4. The summed E-state index contributed by atoms with van der Waals surface area (Å²) in [7, 11) is 0. The van der Waals surface area contributed by atoms with Gasteiger partial charge in [0.2, 0.25) is 0 Å². The van der Waals surface area contributed by atoms with Gasteiger partial charge < -0.3 is 5.11 Å². The average Bonchev–Trinajstić information content (AvgIpc) is 2.26. The van der Waals surface area contributed by atoms with E-state index in [4.69, 9.17) is 5.11 Å². The molecule has 0 spiro atoms. The Morgan fingerprint density at radius 1 is 1.41 bits per heavy atom. The van der Waals surface area contributed by atoms with E-state index in [9.17, 15) is 24.1 Å². The van der Waals surface area contributed by atoms with E-state index in [1.165, 1.54) is 0 Å². The summed E-state index contributed by atoms with van der Waals surface area (Å²) in [5, 5.41) is 18.8. The van der Waals surface area contributed by atoms with E-state index in [-0.39, 0.29) is 17.4 Å². The molecule has 1 aromatic rings. The Labute approximate surface area is 94.1 Å². The van der Waals surface area contributed by atoms with Crippen LogP contribution >= 0.6 is 0 Å². The van der Waals surface area contributed by atoms with Gasteiger partial charge in [-0.3, -0.25) is 14.9 Å². The molecule has 0 aromatic heterocycles. The SMILES string of the molecule is O=Cc1cc(/C=C/C(=O)O)c(F)cc1[N+](=O)[O-]. The van der Waals surface area contributed by atoms with Gasteiger partial charge in [-0.25, -0.2) is 9.18 Å². The number of nitrogens with zero attached hydrogens (tertiary/aromatic N) is 1. The van der Waals surface area contributed by atoms with Gasteiger partial charge in [0.1, 0.15) is 5.82 Å². The molecule has 0 aliphatic heterocycles. The quantitative estimate of drug-likeness (QED) is 0.373. The van der Waals surface area contributed by atoms with Crippen LogP contribution in [0.4, 0.5) is 10.1 Å². The molecule has 0 bridgehead atoms. The van der Waals surface area contributed by atoms with E-state index < -0.39 is 22.4 Å². The van der Waals surface area contributed by atoms with Gasteiger partial charge in [-0.05, 0) is 12.1 Å². The van der Waals surface area contributed by atoms with Crippen LogP contribution < -0.4 is 0 Å². The van der Waals surface area contributed by atoms with Gasteiger partial charge in [0.05, 0.1) is 16.6 Å². The first-order chi connectivity index (χ1) is 7.95. The maximum Gasteiger partial charge on any atom is 0.328 e. The van der Waals surface area contributed by atoms with Gasteiger partial charge in [-0.1, -0.05) is 0 Å². The summed E-state index contributed by atoms with van der Waals surface area (Å²) >= 11 is 0. The lowest BCUT2D eigenvalue weighted by atomic mass is 10.1. The lowest BCUT2D eigenvalue weighted by Crippen LogP contribution is -1.97. The van der Waals surface area contributed by atoms with Crippen molar-refractivity contribution in [3.05, 3.63) is 45.3 Å². The molecule has 0 heterocycles. The average molecular weight is 239 g/mol. The van der Waals surface area contributed by atoms with Crippen LogP contribution in [0.3, 0.4) is 0 Å². The second-order valence-electron chi connectivity index (χ2n) is 2.98. The predicted octanol–water partition coefficient (Wildman–Crippen LogP) is 1.64. The first kappa shape index (κ1) is 12.5. The normalized spacial score (nSPS) is 10.4. The molecule has 17 heavy (non-hydrogen) atoms. The summed E-state index contributed by atoms with van der Waals surface area (Å²) in [5.41, 5.74) is -1.19. The molecule has 0 radical (unpaired) electrons. The molecule has 0 fully saturated rings. The number of aliphatic carboxylic acids is 1. The van der Waals surface area contributed by atoms with Crippen molar-refractivity contribution in [2.45, 2.75) is 0 Å². The Morgan fingerprint density at radius 2 is 2.06 bits per heavy atom. The van der Waals surface area contributed by atoms with E-state index in [2.05, 4.69) is 0 Å². The monoisotopic (exact) mass is 239 g/mol. The van der Waals surface area contributed by atoms with Crippen LogP contribution in [0.25, 0.3) is 6.08 Å². The number of nitro benzene ring substituents is 1. The summed E-state index contributed by atoms with van der Waals surface area (Å²) in [6.45, 7) is 0. The van der Waals surface area contributed by atoms with Crippen LogP contribution in [0, 0.1) is 15.9 Å². The van der Waals surface area contributed by atoms with E-state index in [0.29, 0.717) is 12.1 Å². The minimum absolute atomic E-state index is 0.204. The van der Waals surface area contributed by atoms with E-state index in [1.807, 2.05) is 0 Å². The van der Waals surface area contributed by atoms with Crippen molar-refractivity contribution >= 4 is 24.0 Å². The van der Waals surface area contributed by atoms with Gasteiger partial charge in [-0.2, -0.15) is 0 Å². The number of aldehydes is 1. The zero-order valence-corrected chi connectivity index (χ0v) is 8.29. The summed E-state index contributed by atoms with van der Waals surface area (Å²) in [6, 6.07) is 1.49. The van der Waals surface area contributed by atoms with E-state index in [0.717, 1.165) is 12.1 Å². The van der Waals surface area contributed by atoms with E-state index >= 15 is 0 Å². The molecule has 1 N–H and O–H groups in total. The highest BCUT2D eigenvalue weighted by atomic mass is 19.1. The highest BCUT2D eigenvalue weighted by molar-refractivity contribution is 5.87. The zero-order valence-electron chi connectivity index (χ0n) is 8.29. The van der Waals surface area contributed by atoms with Crippen LogP contribution in [0.1, 0.15) is 15.9 Å². The van der Waals surface area contributed by atoms with Gasteiger partial charge in [0.15, 0.2) is 6.29 Å². The fourth-order valence-electron chi connectivity index (χ4n) is 1.14. The van der Waals surface area contributed by atoms with Crippen LogP contribution in [0.5, 0.6) is 0 Å². The smallest absolute Gasteiger partial charge is 0.328 e. The van der Waals surface area contributed by atoms with Crippen molar-refractivity contribution < 1.29 is 24.0 Å². The zero-order chi connectivity index (χ0) is 13.0. The molecular weight excluding hydrogens is 233 g/mol. The molecule has 7 heteroatoms. The molecule has 88 valence electrons. The summed E-state index contributed by atoms with van der Waals surface area (Å²) < 4.78 is 13.3. The Kier molecular flexibility index (Phi) is 3.66. The highest BCUT2D eigenvalue weighted by Gasteiger charge is 2.16. The van der Waals surface area contributed by atoms with Gasteiger partial charge in [0, 0.05) is 11.6 Å². The van der Waals surface area contributed by atoms with Crippen molar-refractivity contribution in [3.63, 3.8) is 0 Å². The molecule has 0 saturated carbocycles. The van der Waals surface area contributed by atoms with Crippen molar-refractivity contribution in [1.29, 1.82) is 0 Å². The van der Waals surface area contributed by atoms with Crippen LogP contribution in [0.2, 0.25) is 0 Å². The molecule has 0 unspecified atom stereocenters. The standard InChI is InChI=1S/C10H6FNO5/c11-8-4-9(12(16)17)7(5-13)3-6(8)1-2-10(14)15/h1-5H,(H,14,15)/b2-1+. The number of rotatable bonds is 4. The lowest BCUT2D eigenvalue weighted by Gasteiger charge is -2.00. The third kappa shape index (κ3) is 2.94. The minimum Gasteiger partial charge on any atom is -0.478 e. The number of hydrogen-bond acceptors (Lipinski definition) is 4. The topological polar surface area (TPSA) is 97.5 Å². The number of carbonyl (C=O) groups excluding carboxylic acids is 1. The van der Waals surface area contributed by atoms with Crippen molar-refractivity contribution in [3.8, 4) is 0 Å². The first-order valence-electron chi connectivity index (χ1n) is 4.30. The number of carboxylic acid groups (broad SMARTS) is 1. The molecule has 0 atom stereocenters. The van der Waals surface area contributed by atoms with Gasteiger partial charge in [0.25, 0.3) is 5.69 Å². The van der Waals surface area contributed by atoms with Gasteiger partial charge >= 0.3 is 5.97 Å². The number of benzene rings is 1. The Balaban J connectivity index is 3.32. The lowest BCUT2D eigenvalue weighted by molar-refractivity contribution is -0.385. The van der Waals surface area contributed by atoms with Crippen molar-refractivity contribution in [2.75, 3.05) is 0 Å². The number of nitro groups is 1. The van der Waals surface area contributed by atoms with Crippen LogP contribution in [-0.4, -0.2) is 22.3 Å². The fraction of sp³-hybridized carbons (Fsp3) is 0. The first-order valence-corrected chi connectivity index (χ1v) is 4.30. The number of halogens is 1. The molecule has 0 aliphatic rings. The molecule has 0 aliphatic carbocycles. The van der Waals surface area contributed by atoms with Crippen molar-refractivity contribution in [1.82, 2.24) is 0 Å². The van der Waals surface area contributed by atoms with Crippen molar-refractivity contribution in [2.24, 2.45) is 0 Å². The second kappa shape index (κ2) is 4.97. The molecule has 1 rings (SSSR count). The highest BCUT2D eigenvalue weighted by Crippen LogP contribution is 2.22. The second-order valence-corrected chi connectivity index (χ2v) is 2.98. The fourth-order valence-corrected chi connectivity index (χ4v) is 1.14. The van der Waals surface area contributed by atoms with Crippen LogP contribution in [0.15, 0.2) is 18.2 Å². The maximum atomic E-state index is 13.3. The largest absolute Gasteiger partial charge is 0.478 e. The molecular formula is C10H6FNO5. The number of carbonyl (C=O) groups is 2. The summed E-state index contributed by atoms with van der Waals surface area (Å²) in [5.74, 6) is -2.27. The third-order valence-electron chi connectivity index (χ3n) is 1.88. The minimum atomic E-state index is -1.30. The molecule has 6 nitrogen and oxygen atoms in total. The predicted molar refractivity (Wildman–Crippen MR) is 55.1 cm³/mol. The summed E-state index contributed by atoms with van der Waals surface area (Å²) in [6.07, 6.45) is 1.78. The Hall–Kier alpha value is -2.57. The molecule has 0 amide bonds. The molecule has 1 aromatic carbocycles.